The van der Waals surface area contributed by atoms with Gasteiger partial charge in [0.15, 0.2) is 11.5 Å². The van der Waals surface area contributed by atoms with Crippen LogP contribution in [0, 0.1) is 5.92 Å². The molecule has 0 aromatic heterocycles. The maximum absolute atomic E-state index is 10.6. The molecule has 28 heavy (non-hydrogen) atoms. The Labute approximate surface area is 171 Å². The molecule has 158 valence electrons. The minimum atomic E-state index is -0.193. The van der Waals surface area contributed by atoms with Gasteiger partial charge in [0.2, 0.25) is 0 Å². The molecule has 0 amide bonds. The first-order valence-electron chi connectivity index (χ1n) is 11.4. The summed E-state index contributed by atoms with van der Waals surface area (Å²) in [7, 11) is 1.71. The lowest BCUT2D eigenvalue weighted by molar-refractivity contribution is -0.0715. The van der Waals surface area contributed by atoms with Gasteiger partial charge in [-0.25, -0.2) is 0 Å². The largest absolute Gasteiger partial charge is 0.493 e. The van der Waals surface area contributed by atoms with E-state index in [1.54, 1.807) is 7.11 Å². The summed E-state index contributed by atoms with van der Waals surface area (Å²) in [6.07, 6.45) is 12.0. The fraction of sp³-hybridized carbons (Fsp3) is 0.750. The Morgan fingerprint density at radius 1 is 1.00 bits per heavy atom. The molecule has 0 spiro atoms. The maximum Gasteiger partial charge on any atom is 0.161 e. The normalized spacial score (nSPS) is 26.4. The van der Waals surface area contributed by atoms with Gasteiger partial charge < -0.3 is 14.6 Å². The number of hydrogen-bond acceptors (Lipinski definition) is 4. The first kappa shape index (κ1) is 21.4. The Morgan fingerprint density at radius 2 is 1.71 bits per heavy atom. The molecule has 3 fully saturated rings. The molecule has 2 atom stereocenters. The monoisotopic (exact) mass is 389 g/mol. The van der Waals surface area contributed by atoms with Gasteiger partial charge in [-0.15, -0.1) is 0 Å². The third kappa shape index (κ3) is 5.64. The van der Waals surface area contributed by atoms with Crippen LogP contribution < -0.4 is 9.47 Å². The summed E-state index contributed by atoms with van der Waals surface area (Å²) < 4.78 is 11.6. The van der Waals surface area contributed by atoms with Crippen molar-refractivity contribution in [3.8, 4) is 11.5 Å². The Hall–Kier alpha value is -1.26. The van der Waals surface area contributed by atoms with Crippen molar-refractivity contribution in [1.29, 1.82) is 0 Å². The molecule has 4 heteroatoms. The van der Waals surface area contributed by atoms with E-state index in [2.05, 4.69) is 24.0 Å². The fourth-order valence-corrected chi connectivity index (χ4v) is 4.81. The van der Waals surface area contributed by atoms with Crippen LogP contribution in [0.15, 0.2) is 18.2 Å². The molecular weight excluding hydrogens is 350 g/mol. The molecule has 0 radical (unpaired) electrons. The van der Waals surface area contributed by atoms with Crippen LogP contribution >= 0.6 is 0 Å². The average molecular weight is 390 g/mol. The molecule has 3 saturated heterocycles. The van der Waals surface area contributed by atoms with Crippen molar-refractivity contribution in [1.82, 2.24) is 4.90 Å². The van der Waals surface area contributed by atoms with E-state index < -0.39 is 0 Å². The zero-order valence-corrected chi connectivity index (χ0v) is 17.9. The maximum atomic E-state index is 10.6. The van der Waals surface area contributed by atoms with Gasteiger partial charge in [-0.3, -0.25) is 4.90 Å². The molecule has 3 aliphatic heterocycles. The molecule has 0 aliphatic carbocycles. The topological polar surface area (TPSA) is 41.9 Å². The van der Waals surface area contributed by atoms with E-state index in [0.717, 1.165) is 56.9 Å². The van der Waals surface area contributed by atoms with Gasteiger partial charge in [0.1, 0.15) is 0 Å². The lowest BCUT2D eigenvalue weighted by Crippen LogP contribution is -2.58. The van der Waals surface area contributed by atoms with Crippen molar-refractivity contribution in [3.63, 3.8) is 0 Å². The number of ether oxygens (including phenoxy) is 2. The van der Waals surface area contributed by atoms with E-state index in [9.17, 15) is 5.11 Å². The zero-order valence-electron chi connectivity index (χ0n) is 17.9. The van der Waals surface area contributed by atoms with Crippen LogP contribution in [0.25, 0.3) is 0 Å². The second-order valence-corrected chi connectivity index (χ2v) is 8.59. The number of piperidine rings is 3. The zero-order chi connectivity index (χ0) is 19.8. The summed E-state index contributed by atoms with van der Waals surface area (Å²) in [5.41, 5.74) is 1.22. The minimum absolute atomic E-state index is 0.193. The number of benzene rings is 1. The van der Waals surface area contributed by atoms with Crippen LogP contribution in [-0.4, -0.2) is 49.0 Å². The van der Waals surface area contributed by atoms with E-state index in [1.807, 2.05) is 6.07 Å². The lowest BCUT2D eigenvalue weighted by Gasteiger charge is -2.49. The van der Waals surface area contributed by atoms with Gasteiger partial charge in [-0.05, 0) is 62.4 Å². The van der Waals surface area contributed by atoms with E-state index in [4.69, 9.17) is 9.47 Å². The summed E-state index contributed by atoms with van der Waals surface area (Å²) >= 11 is 0. The summed E-state index contributed by atoms with van der Waals surface area (Å²) in [6, 6.07) is 6.52. The molecule has 1 aromatic carbocycles. The molecule has 0 saturated carbocycles. The summed E-state index contributed by atoms with van der Waals surface area (Å²) in [6.45, 7) is 5.26. The Kier molecular flexibility index (Phi) is 8.47. The molecule has 1 aromatic rings. The third-order valence-corrected chi connectivity index (χ3v) is 6.60. The number of aliphatic hydroxyl groups excluding tert-OH is 1. The number of rotatable bonds is 12. The summed E-state index contributed by atoms with van der Waals surface area (Å²) in [5, 5.41) is 10.6. The van der Waals surface area contributed by atoms with Crippen LogP contribution in [0.3, 0.4) is 0 Å². The molecule has 4 nitrogen and oxygen atoms in total. The molecule has 2 unspecified atom stereocenters. The fourth-order valence-electron chi connectivity index (χ4n) is 4.81. The van der Waals surface area contributed by atoms with E-state index in [0.29, 0.717) is 5.92 Å². The number of nitrogens with zero attached hydrogens (tertiary/aromatic N) is 1. The van der Waals surface area contributed by atoms with Gasteiger partial charge in [0.05, 0.1) is 19.8 Å². The van der Waals surface area contributed by atoms with Crippen molar-refractivity contribution < 1.29 is 14.6 Å². The molecule has 4 rings (SSSR count). The first-order valence-corrected chi connectivity index (χ1v) is 11.4. The number of fused-ring (bicyclic) bond motifs is 3. The highest BCUT2D eigenvalue weighted by molar-refractivity contribution is 5.43. The standard InChI is InChI=1S/C24H39NO3/c1-3-4-5-6-7-8-9-16-28-22-11-10-19(18-23(22)27-2)17-21-24(26)20-12-14-25(21)15-13-20/h10-11,18,20-21,24,26H,3-9,12-17H2,1-2H3. The summed E-state index contributed by atoms with van der Waals surface area (Å²) in [5.74, 6) is 2.13. The molecule has 3 heterocycles. The SMILES string of the molecule is CCCCCCCCCOc1ccc(CC2C(O)C3CCN2CC3)cc1OC. The molecule has 1 N–H and O–H groups in total. The molecule has 3 aliphatic rings. The quantitative estimate of drug-likeness (QED) is 0.520. The third-order valence-electron chi connectivity index (χ3n) is 6.60. The Balaban J connectivity index is 1.46. The van der Waals surface area contributed by atoms with Crippen LogP contribution in [0.1, 0.15) is 70.3 Å². The van der Waals surface area contributed by atoms with Crippen LogP contribution in [0.2, 0.25) is 0 Å². The number of methoxy groups -OCH3 is 1. The predicted molar refractivity (Wildman–Crippen MR) is 114 cm³/mol. The van der Waals surface area contributed by atoms with Gasteiger partial charge >= 0.3 is 0 Å². The van der Waals surface area contributed by atoms with Crippen molar-refractivity contribution in [2.75, 3.05) is 26.8 Å². The van der Waals surface area contributed by atoms with Gasteiger partial charge in [0.25, 0.3) is 0 Å². The summed E-state index contributed by atoms with van der Waals surface area (Å²) in [4.78, 5) is 2.46. The highest BCUT2D eigenvalue weighted by Crippen LogP contribution is 2.35. The van der Waals surface area contributed by atoms with Gasteiger partial charge in [-0.2, -0.15) is 0 Å². The first-order chi connectivity index (χ1) is 13.7. The van der Waals surface area contributed by atoms with Gasteiger partial charge in [-0.1, -0.05) is 51.5 Å². The molecular formula is C24H39NO3. The number of unbranched alkanes of at least 4 members (excludes halogenated alkanes) is 6. The highest BCUT2D eigenvalue weighted by atomic mass is 16.5. The Morgan fingerprint density at radius 3 is 2.39 bits per heavy atom. The van der Waals surface area contributed by atoms with Crippen LogP contribution in [0.4, 0.5) is 0 Å². The number of aliphatic hydroxyl groups is 1. The van der Waals surface area contributed by atoms with Crippen LogP contribution in [0.5, 0.6) is 11.5 Å². The smallest absolute Gasteiger partial charge is 0.161 e. The highest BCUT2D eigenvalue weighted by Gasteiger charge is 2.40. The van der Waals surface area contributed by atoms with E-state index in [1.165, 1.54) is 44.1 Å². The number of hydrogen-bond donors (Lipinski definition) is 1. The van der Waals surface area contributed by atoms with E-state index >= 15 is 0 Å². The van der Waals surface area contributed by atoms with Crippen molar-refractivity contribution in [3.05, 3.63) is 23.8 Å². The van der Waals surface area contributed by atoms with Crippen LogP contribution in [-0.2, 0) is 6.42 Å². The van der Waals surface area contributed by atoms with Crippen molar-refractivity contribution >= 4 is 0 Å². The second kappa shape index (κ2) is 11.1. The average Bonchev–Trinajstić information content (AvgIpc) is 2.73. The molecule has 2 bridgehead atoms. The van der Waals surface area contributed by atoms with Crippen molar-refractivity contribution in [2.45, 2.75) is 83.3 Å². The van der Waals surface area contributed by atoms with E-state index in [-0.39, 0.29) is 12.1 Å². The lowest BCUT2D eigenvalue weighted by atomic mass is 9.78. The van der Waals surface area contributed by atoms with Gasteiger partial charge in [0, 0.05) is 6.04 Å². The minimum Gasteiger partial charge on any atom is -0.493 e. The Bertz CT molecular complexity index is 581. The predicted octanol–water partition coefficient (Wildman–Crippen LogP) is 4.82. The second-order valence-electron chi connectivity index (χ2n) is 8.59. The van der Waals surface area contributed by atoms with Crippen molar-refractivity contribution in [2.24, 2.45) is 5.92 Å².